The summed E-state index contributed by atoms with van der Waals surface area (Å²) < 4.78 is 15.1. The number of carboxylic acid groups (broad SMARTS) is 1. The fourth-order valence-electron chi connectivity index (χ4n) is 2.85. The molecule has 0 fully saturated rings. The van der Waals surface area contributed by atoms with Crippen LogP contribution in [0.2, 0.25) is 0 Å². The van der Waals surface area contributed by atoms with Crippen molar-refractivity contribution in [1.29, 1.82) is 0 Å². The summed E-state index contributed by atoms with van der Waals surface area (Å²) in [7, 11) is 0. The van der Waals surface area contributed by atoms with Gasteiger partial charge in [-0.05, 0) is 38.5 Å². The molecule has 1 aromatic carbocycles. The van der Waals surface area contributed by atoms with E-state index in [1.165, 1.54) is 6.07 Å². The van der Waals surface area contributed by atoms with Crippen LogP contribution in [0.1, 0.15) is 43.5 Å². The third-order valence-electron chi connectivity index (χ3n) is 4.42. The first-order valence-corrected chi connectivity index (χ1v) is 9.73. The van der Waals surface area contributed by atoms with Gasteiger partial charge >= 0.3 is 23.5 Å². The molecule has 0 saturated heterocycles. The fraction of sp³-hybridized carbons (Fsp3) is 0.429. The van der Waals surface area contributed by atoms with E-state index in [2.05, 4.69) is 4.90 Å². The van der Waals surface area contributed by atoms with E-state index in [1.807, 2.05) is 19.9 Å². The number of rotatable bonds is 11. The van der Waals surface area contributed by atoms with Crippen molar-refractivity contribution < 1.29 is 33.4 Å². The lowest BCUT2D eigenvalue weighted by molar-refractivity contribution is -0.145. The number of carbonyl (C=O) groups is 3. The number of benzene rings is 1. The van der Waals surface area contributed by atoms with Crippen molar-refractivity contribution in [1.82, 2.24) is 0 Å². The summed E-state index contributed by atoms with van der Waals surface area (Å²) in [5.74, 6) is -2.45. The molecule has 0 aliphatic carbocycles. The molecule has 0 saturated carbocycles. The maximum atomic E-state index is 12.2. The van der Waals surface area contributed by atoms with Gasteiger partial charge in [-0.2, -0.15) is 0 Å². The summed E-state index contributed by atoms with van der Waals surface area (Å²) in [6, 6.07) is 6.81. The van der Waals surface area contributed by atoms with Crippen LogP contribution in [0.15, 0.2) is 33.5 Å². The van der Waals surface area contributed by atoms with Gasteiger partial charge in [-0.15, -0.1) is 0 Å². The SMILES string of the molecule is CCN(CC)c1ccc2cc(C(=O)OCCOC(=O)CCCC(=O)O)c(=O)oc2c1. The number of fused-ring (bicyclic) bond motifs is 1. The molecule has 0 spiro atoms. The Morgan fingerprint density at radius 2 is 1.73 bits per heavy atom. The zero-order valence-corrected chi connectivity index (χ0v) is 17.0. The molecular formula is C21H25NO8. The van der Waals surface area contributed by atoms with Crippen molar-refractivity contribution in [3.05, 3.63) is 40.2 Å². The van der Waals surface area contributed by atoms with Crippen LogP contribution in [0.4, 0.5) is 5.69 Å². The molecule has 9 nitrogen and oxygen atoms in total. The van der Waals surface area contributed by atoms with E-state index in [1.54, 1.807) is 12.1 Å². The minimum atomic E-state index is -0.991. The lowest BCUT2D eigenvalue weighted by Gasteiger charge is -2.20. The zero-order valence-electron chi connectivity index (χ0n) is 17.0. The summed E-state index contributed by atoms with van der Waals surface area (Å²) in [6.45, 7) is 5.24. The highest BCUT2D eigenvalue weighted by molar-refractivity contribution is 5.93. The number of aliphatic carboxylic acids is 1. The number of hydrogen-bond acceptors (Lipinski definition) is 8. The van der Waals surface area contributed by atoms with Crippen molar-refractivity contribution in [2.45, 2.75) is 33.1 Å². The second kappa shape index (κ2) is 11.0. The summed E-state index contributed by atoms with van der Waals surface area (Å²) >= 11 is 0. The maximum absolute atomic E-state index is 12.2. The van der Waals surface area contributed by atoms with Crippen LogP contribution in [0.3, 0.4) is 0 Å². The molecule has 0 bridgehead atoms. The Balaban J connectivity index is 1.94. The van der Waals surface area contributed by atoms with Gasteiger partial charge in [0.15, 0.2) is 0 Å². The molecule has 2 aromatic rings. The van der Waals surface area contributed by atoms with Crippen molar-refractivity contribution >= 4 is 34.6 Å². The number of esters is 2. The van der Waals surface area contributed by atoms with E-state index in [9.17, 15) is 19.2 Å². The minimum Gasteiger partial charge on any atom is -0.481 e. The molecule has 0 aliphatic heterocycles. The van der Waals surface area contributed by atoms with Gasteiger partial charge in [0, 0.05) is 43.1 Å². The van der Waals surface area contributed by atoms with E-state index < -0.39 is 23.5 Å². The second-order valence-corrected chi connectivity index (χ2v) is 6.45. The summed E-state index contributed by atoms with van der Waals surface area (Å²) in [4.78, 5) is 48.3. The predicted octanol–water partition coefficient (Wildman–Crippen LogP) is 2.59. The van der Waals surface area contributed by atoms with Gasteiger partial charge in [-0.3, -0.25) is 9.59 Å². The van der Waals surface area contributed by atoms with Crippen LogP contribution in [0.5, 0.6) is 0 Å². The monoisotopic (exact) mass is 419 g/mol. The van der Waals surface area contributed by atoms with Crippen molar-refractivity contribution in [2.75, 3.05) is 31.2 Å². The lowest BCUT2D eigenvalue weighted by atomic mass is 10.1. The molecule has 0 amide bonds. The standard InChI is InChI=1S/C21H25NO8/c1-3-22(4-2)15-9-8-14-12-16(21(27)30-17(14)13-15)20(26)29-11-10-28-19(25)7-5-6-18(23)24/h8-9,12-13H,3-7,10-11H2,1-2H3,(H,23,24). The highest BCUT2D eigenvalue weighted by Crippen LogP contribution is 2.22. The average molecular weight is 419 g/mol. The molecule has 1 N–H and O–H groups in total. The molecule has 0 radical (unpaired) electrons. The smallest absolute Gasteiger partial charge is 0.351 e. The molecule has 30 heavy (non-hydrogen) atoms. The number of hydrogen-bond donors (Lipinski definition) is 1. The fourth-order valence-corrected chi connectivity index (χ4v) is 2.85. The third kappa shape index (κ3) is 6.33. The highest BCUT2D eigenvalue weighted by Gasteiger charge is 2.16. The van der Waals surface area contributed by atoms with Gasteiger partial charge in [-0.25, -0.2) is 9.59 Å². The summed E-state index contributed by atoms with van der Waals surface area (Å²) in [5, 5.41) is 9.10. The Labute approximate surface area is 173 Å². The molecule has 1 aromatic heterocycles. The molecule has 162 valence electrons. The topological polar surface area (TPSA) is 123 Å². The number of carbonyl (C=O) groups excluding carboxylic acids is 2. The Morgan fingerprint density at radius 3 is 2.40 bits per heavy atom. The Bertz CT molecular complexity index is 961. The van der Waals surface area contributed by atoms with Gasteiger partial charge in [-0.1, -0.05) is 0 Å². The molecule has 9 heteroatoms. The van der Waals surface area contributed by atoms with Crippen LogP contribution in [0.25, 0.3) is 11.0 Å². The normalized spacial score (nSPS) is 10.6. The van der Waals surface area contributed by atoms with E-state index in [4.69, 9.17) is 19.0 Å². The quantitative estimate of drug-likeness (QED) is 0.332. The number of ether oxygens (including phenoxy) is 2. The van der Waals surface area contributed by atoms with Gasteiger partial charge in [0.25, 0.3) is 0 Å². The first-order valence-electron chi connectivity index (χ1n) is 9.73. The summed E-state index contributed by atoms with van der Waals surface area (Å²) in [5.41, 5.74) is 0.230. The highest BCUT2D eigenvalue weighted by atomic mass is 16.6. The molecule has 2 rings (SSSR count). The van der Waals surface area contributed by atoms with Gasteiger partial charge in [0.2, 0.25) is 0 Å². The number of nitrogens with zero attached hydrogens (tertiary/aromatic N) is 1. The maximum Gasteiger partial charge on any atom is 0.351 e. The van der Waals surface area contributed by atoms with Crippen LogP contribution in [-0.4, -0.2) is 49.3 Å². The first-order chi connectivity index (χ1) is 14.3. The molecule has 0 unspecified atom stereocenters. The van der Waals surface area contributed by atoms with Gasteiger partial charge in [0.05, 0.1) is 0 Å². The lowest BCUT2D eigenvalue weighted by Crippen LogP contribution is -2.22. The Kier molecular flexibility index (Phi) is 8.40. The Hall–Kier alpha value is -3.36. The second-order valence-electron chi connectivity index (χ2n) is 6.45. The first kappa shape index (κ1) is 22.9. The van der Waals surface area contributed by atoms with Crippen molar-refractivity contribution in [3.63, 3.8) is 0 Å². The molecule has 1 heterocycles. The molecule has 0 aliphatic rings. The van der Waals surface area contributed by atoms with Crippen molar-refractivity contribution in [3.8, 4) is 0 Å². The largest absolute Gasteiger partial charge is 0.481 e. The molecule has 0 atom stereocenters. The number of anilines is 1. The molecular weight excluding hydrogens is 394 g/mol. The summed E-state index contributed by atoms with van der Waals surface area (Å²) in [6.07, 6.45) is 0.00427. The number of carboxylic acids is 1. The van der Waals surface area contributed by atoms with Crippen LogP contribution in [0, 0.1) is 0 Å². The van der Waals surface area contributed by atoms with Gasteiger partial charge in [0.1, 0.15) is 24.4 Å². The minimum absolute atomic E-state index is 0.0377. The third-order valence-corrected chi connectivity index (χ3v) is 4.42. The van der Waals surface area contributed by atoms with Gasteiger partial charge < -0.3 is 23.9 Å². The van der Waals surface area contributed by atoms with Crippen LogP contribution in [-0.2, 0) is 19.1 Å². The van der Waals surface area contributed by atoms with E-state index >= 15 is 0 Å². The van der Waals surface area contributed by atoms with Crippen LogP contribution >= 0.6 is 0 Å². The Morgan fingerprint density at radius 1 is 1.03 bits per heavy atom. The average Bonchev–Trinajstić information content (AvgIpc) is 2.71. The predicted molar refractivity (Wildman–Crippen MR) is 109 cm³/mol. The van der Waals surface area contributed by atoms with Crippen molar-refractivity contribution in [2.24, 2.45) is 0 Å². The van der Waals surface area contributed by atoms with E-state index in [0.29, 0.717) is 11.0 Å². The van der Waals surface area contributed by atoms with Crippen LogP contribution < -0.4 is 10.5 Å². The van der Waals surface area contributed by atoms with E-state index in [0.717, 1.165) is 18.8 Å². The van der Waals surface area contributed by atoms with E-state index in [-0.39, 0.29) is 38.0 Å². The zero-order chi connectivity index (χ0) is 22.1.